The monoisotopic (exact) mass is 430 g/mol. The van der Waals surface area contributed by atoms with Crippen LogP contribution in [0.4, 0.5) is 17.5 Å². The predicted octanol–water partition coefficient (Wildman–Crippen LogP) is 2.64. The SMILES string of the molecule is NC1CCCCC1Nc1nc2c(c(Nc3cccc(-c4ncccn4)c3)n1)C(=O)NCC2. The summed E-state index contributed by atoms with van der Waals surface area (Å²) in [6, 6.07) is 9.71. The zero-order valence-corrected chi connectivity index (χ0v) is 17.7. The van der Waals surface area contributed by atoms with Crippen LogP contribution in [0.3, 0.4) is 0 Å². The van der Waals surface area contributed by atoms with Crippen molar-refractivity contribution in [3.05, 3.63) is 54.0 Å². The average Bonchev–Trinajstić information content (AvgIpc) is 2.81. The quantitative estimate of drug-likeness (QED) is 0.486. The van der Waals surface area contributed by atoms with Gasteiger partial charge in [0.05, 0.1) is 5.69 Å². The number of carbonyl (C=O) groups is 1. The lowest BCUT2D eigenvalue weighted by atomic mass is 9.91. The summed E-state index contributed by atoms with van der Waals surface area (Å²) < 4.78 is 0. The van der Waals surface area contributed by atoms with Gasteiger partial charge in [-0.2, -0.15) is 4.98 Å². The van der Waals surface area contributed by atoms with Gasteiger partial charge in [-0.3, -0.25) is 4.79 Å². The van der Waals surface area contributed by atoms with Crippen molar-refractivity contribution in [3.63, 3.8) is 0 Å². The largest absolute Gasteiger partial charge is 0.351 e. The molecule has 0 radical (unpaired) electrons. The lowest BCUT2D eigenvalue weighted by molar-refractivity contribution is 0.0945. The van der Waals surface area contributed by atoms with Crippen molar-refractivity contribution >= 4 is 23.4 Å². The molecule has 3 heterocycles. The lowest BCUT2D eigenvalue weighted by Gasteiger charge is -2.30. The van der Waals surface area contributed by atoms with E-state index in [1.807, 2.05) is 24.3 Å². The van der Waals surface area contributed by atoms with Gasteiger partial charge in [-0.1, -0.05) is 25.0 Å². The van der Waals surface area contributed by atoms with Crippen LogP contribution < -0.4 is 21.7 Å². The molecule has 5 N–H and O–H groups in total. The average molecular weight is 431 g/mol. The van der Waals surface area contributed by atoms with Crippen LogP contribution in [0.2, 0.25) is 0 Å². The number of anilines is 3. The topological polar surface area (TPSA) is 131 Å². The first kappa shape index (κ1) is 20.3. The van der Waals surface area contributed by atoms with Crippen molar-refractivity contribution in [2.75, 3.05) is 17.2 Å². The van der Waals surface area contributed by atoms with E-state index in [-0.39, 0.29) is 18.0 Å². The van der Waals surface area contributed by atoms with E-state index in [0.717, 1.165) is 42.6 Å². The van der Waals surface area contributed by atoms with Crippen LogP contribution >= 0.6 is 0 Å². The van der Waals surface area contributed by atoms with Gasteiger partial charge in [0.25, 0.3) is 5.91 Å². The molecule has 1 aliphatic heterocycles. The molecule has 32 heavy (non-hydrogen) atoms. The van der Waals surface area contributed by atoms with E-state index in [9.17, 15) is 4.79 Å². The van der Waals surface area contributed by atoms with Crippen LogP contribution in [-0.4, -0.2) is 44.5 Å². The van der Waals surface area contributed by atoms with Crippen LogP contribution in [-0.2, 0) is 6.42 Å². The predicted molar refractivity (Wildman–Crippen MR) is 123 cm³/mol. The molecule has 9 heteroatoms. The Kier molecular flexibility index (Phi) is 5.64. The van der Waals surface area contributed by atoms with Gasteiger partial charge in [-0.25, -0.2) is 15.0 Å². The highest BCUT2D eigenvalue weighted by atomic mass is 16.1. The number of nitrogens with one attached hydrogen (secondary N) is 3. The van der Waals surface area contributed by atoms with Crippen molar-refractivity contribution < 1.29 is 4.79 Å². The van der Waals surface area contributed by atoms with Crippen molar-refractivity contribution in [2.24, 2.45) is 5.73 Å². The van der Waals surface area contributed by atoms with Gasteiger partial charge < -0.3 is 21.7 Å². The van der Waals surface area contributed by atoms with Gasteiger partial charge in [0.2, 0.25) is 5.95 Å². The molecule has 9 nitrogen and oxygen atoms in total. The number of benzene rings is 1. The summed E-state index contributed by atoms with van der Waals surface area (Å²) in [5, 5.41) is 9.63. The summed E-state index contributed by atoms with van der Waals surface area (Å²) >= 11 is 0. The van der Waals surface area contributed by atoms with Gasteiger partial charge in [-0.15, -0.1) is 0 Å². The zero-order chi connectivity index (χ0) is 21.9. The third kappa shape index (κ3) is 4.24. The molecule has 2 unspecified atom stereocenters. The van der Waals surface area contributed by atoms with E-state index in [1.54, 1.807) is 18.5 Å². The van der Waals surface area contributed by atoms with Crippen molar-refractivity contribution in [1.29, 1.82) is 0 Å². The standard InChI is InChI=1S/C23H26N8O/c24-16-7-1-2-8-17(16)29-23-30-18-9-12-27-22(32)19(18)21(31-23)28-15-6-3-5-14(13-15)20-25-10-4-11-26-20/h3-6,10-11,13,16-17H,1-2,7-9,12,24H2,(H,27,32)(H2,28,29,30,31). The number of aromatic nitrogens is 4. The summed E-state index contributed by atoms with van der Waals surface area (Å²) in [6.07, 6.45) is 8.34. The summed E-state index contributed by atoms with van der Waals surface area (Å²) in [4.78, 5) is 30.6. The minimum absolute atomic E-state index is 0.0747. The smallest absolute Gasteiger partial charge is 0.256 e. The van der Waals surface area contributed by atoms with Gasteiger partial charge in [0.15, 0.2) is 5.82 Å². The first-order chi connectivity index (χ1) is 15.7. The Hall–Kier alpha value is -3.59. The molecular formula is C23H26N8O. The second-order valence-corrected chi connectivity index (χ2v) is 8.20. The molecule has 3 aromatic rings. The minimum atomic E-state index is -0.169. The second-order valence-electron chi connectivity index (χ2n) is 8.20. The number of hydrogen-bond acceptors (Lipinski definition) is 8. The highest BCUT2D eigenvalue weighted by molar-refractivity contribution is 6.01. The fourth-order valence-electron chi connectivity index (χ4n) is 4.29. The fourth-order valence-corrected chi connectivity index (χ4v) is 4.29. The van der Waals surface area contributed by atoms with Crippen molar-refractivity contribution in [3.8, 4) is 11.4 Å². The molecule has 0 saturated heterocycles. The Morgan fingerprint density at radius 3 is 2.75 bits per heavy atom. The van der Waals surface area contributed by atoms with Gasteiger partial charge in [-0.05, 0) is 31.0 Å². The molecule has 2 aliphatic rings. The Balaban J connectivity index is 1.48. The highest BCUT2D eigenvalue weighted by Gasteiger charge is 2.27. The van der Waals surface area contributed by atoms with Crippen molar-refractivity contribution in [1.82, 2.24) is 25.3 Å². The molecule has 2 atom stereocenters. The molecule has 0 spiro atoms. The molecule has 5 rings (SSSR count). The summed E-state index contributed by atoms with van der Waals surface area (Å²) in [5.74, 6) is 1.44. The lowest BCUT2D eigenvalue weighted by Crippen LogP contribution is -2.43. The van der Waals surface area contributed by atoms with E-state index in [0.29, 0.717) is 36.1 Å². The van der Waals surface area contributed by atoms with E-state index < -0.39 is 0 Å². The molecule has 2 aromatic heterocycles. The molecule has 1 amide bonds. The van der Waals surface area contributed by atoms with Crippen LogP contribution in [0.5, 0.6) is 0 Å². The number of fused-ring (bicyclic) bond motifs is 1. The summed E-state index contributed by atoms with van der Waals surface area (Å²) in [6.45, 7) is 0.561. The number of nitrogens with zero attached hydrogens (tertiary/aromatic N) is 4. The highest BCUT2D eigenvalue weighted by Crippen LogP contribution is 2.28. The summed E-state index contributed by atoms with van der Waals surface area (Å²) in [5.41, 5.74) is 9.19. The van der Waals surface area contributed by atoms with E-state index >= 15 is 0 Å². The molecule has 1 aromatic carbocycles. The van der Waals surface area contributed by atoms with Crippen LogP contribution in [0.15, 0.2) is 42.7 Å². The Bertz CT molecular complexity index is 1120. The number of nitrogens with two attached hydrogens (primary N) is 1. The Morgan fingerprint density at radius 2 is 1.91 bits per heavy atom. The Labute approximate surface area is 186 Å². The maximum atomic E-state index is 12.6. The molecule has 1 fully saturated rings. The first-order valence-corrected chi connectivity index (χ1v) is 11.0. The Morgan fingerprint density at radius 1 is 1.06 bits per heavy atom. The second kappa shape index (κ2) is 8.88. The number of hydrogen-bond donors (Lipinski definition) is 4. The normalized spacial score (nSPS) is 20.2. The fraction of sp³-hybridized carbons (Fsp3) is 0.348. The van der Waals surface area contributed by atoms with E-state index in [4.69, 9.17) is 5.73 Å². The summed E-state index contributed by atoms with van der Waals surface area (Å²) in [7, 11) is 0. The number of amides is 1. The van der Waals surface area contributed by atoms with Gasteiger partial charge in [0, 0.05) is 48.7 Å². The minimum Gasteiger partial charge on any atom is -0.351 e. The van der Waals surface area contributed by atoms with Crippen LogP contribution in [0.25, 0.3) is 11.4 Å². The zero-order valence-electron chi connectivity index (χ0n) is 17.7. The third-order valence-electron chi connectivity index (χ3n) is 5.94. The first-order valence-electron chi connectivity index (χ1n) is 11.0. The molecule has 0 bridgehead atoms. The van der Waals surface area contributed by atoms with E-state index in [2.05, 4.69) is 35.9 Å². The van der Waals surface area contributed by atoms with Gasteiger partial charge >= 0.3 is 0 Å². The molecule has 1 aliphatic carbocycles. The number of carbonyl (C=O) groups excluding carboxylic acids is 1. The van der Waals surface area contributed by atoms with Crippen LogP contribution in [0.1, 0.15) is 41.7 Å². The molecule has 1 saturated carbocycles. The van der Waals surface area contributed by atoms with Gasteiger partial charge in [0.1, 0.15) is 11.4 Å². The maximum Gasteiger partial charge on any atom is 0.256 e. The van der Waals surface area contributed by atoms with E-state index in [1.165, 1.54) is 0 Å². The van der Waals surface area contributed by atoms with Crippen LogP contribution in [0, 0.1) is 0 Å². The maximum absolute atomic E-state index is 12.6. The third-order valence-corrected chi connectivity index (χ3v) is 5.94. The molecule has 164 valence electrons. The van der Waals surface area contributed by atoms with Crippen molar-refractivity contribution in [2.45, 2.75) is 44.2 Å². The molecular weight excluding hydrogens is 404 g/mol. The number of rotatable bonds is 5.